The van der Waals surface area contributed by atoms with Crippen LogP contribution in [0.15, 0.2) is 42.5 Å². The zero-order valence-electron chi connectivity index (χ0n) is 10.3. The number of hydrogen-bond acceptors (Lipinski definition) is 1. The van der Waals surface area contributed by atoms with E-state index >= 15 is 0 Å². The monoisotopic (exact) mass is 280 g/mol. The van der Waals surface area contributed by atoms with Gasteiger partial charge in [-0.25, -0.2) is 13.2 Å². The summed E-state index contributed by atoms with van der Waals surface area (Å²) in [6.07, 6.45) is -0.00182. The lowest BCUT2D eigenvalue weighted by Gasteiger charge is -2.13. The molecule has 0 fully saturated rings. The topological polar surface area (TPSA) is 37.3 Å². The Kier molecular flexibility index (Phi) is 4.08. The molecule has 0 aromatic heterocycles. The predicted octanol–water partition coefficient (Wildman–Crippen LogP) is 3.51. The quantitative estimate of drug-likeness (QED) is 0.930. The van der Waals surface area contributed by atoms with Crippen LogP contribution in [0.2, 0.25) is 0 Å². The first-order chi connectivity index (χ1) is 9.47. The van der Waals surface area contributed by atoms with Crippen LogP contribution in [0.1, 0.15) is 17.0 Å². The molecule has 2 rings (SSSR count). The predicted molar refractivity (Wildman–Crippen MR) is 66.8 cm³/mol. The van der Waals surface area contributed by atoms with Gasteiger partial charge in [-0.2, -0.15) is 0 Å². The molecule has 5 heteroatoms. The Morgan fingerprint density at radius 2 is 1.65 bits per heavy atom. The lowest BCUT2D eigenvalue weighted by Crippen LogP contribution is -2.14. The molecule has 1 N–H and O–H groups in total. The fourth-order valence-electron chi connectivity index (χ4n) is 1.95. The molecular formula is C15H11F3O2. The van der Waals surface area contributed by atoms with Crippen LogP contribution in [-0.2, 0) is 11.2 Å². The maximum absolute atomic E-state index is 13.1. The molecule has 0 heterocycles. The number of carbonyl (C=O) groups is 1. The molecule has 0 saturated heterocycles. The Hall–Kier alpha value is -2.30. The third-order valence-electron chi connectivity index (χ3n) is 2.99. The number of hydrogen-bond donors (Lipinski definition) is 1. The van der Waals surface area contributed by atoms with Crippen molar-refractivity contribution >= 4 is 5.97 Å². The standard InChI is InChI=1S/C15H11F3O2/c16-11-4-2-10(3-5-11)12(15(19)20)7-9-1-6-13(17)14(18)8-9/h1-6,8,12H,7H2,(H,19,20)/t12-/m1/s1. The van der Waals surface area contributed by atoms with Gasteiger partial charge in [0, 0.05) is 0 Å². The van der Waals surface area contributed by atoms with Crippen molar-refractivity contribution in [3.8, 4) is 0 Å². The average molecular weight is 280 g/mol. The van der Waals surface area contributed by atoms with Gasteiger partial charge in [0.15, 0.2) is 11.6 Å². The minimum Gasteiger partial charge on any atom is -0.481 e. The van der Waals surface area contributed by atoms with Crippen LogP contribution in [0.3, 0.4) is 0 Å². The summed E-state index contributed by atoms with van der Waals surface area (Å²) in [6, 6.07) is 8.32. The first kappa shape index (κ1) is 14.1. The van der Waals surface area contributed by atoms with Gasteiger partial charge in [0.05, 0.1) is 5.92 Å². The van der Waals surface area contributed by atoms with E-state index < -0.39 is 29.3 Å². The highest BCUT2D eigenvalue weighted by atomic mass is 19.2. The molecule has 0 aliphatic rings. The zero-order valence-corrected chi connectivity index (χ0v) is 10.3. The SMILES string of the molecule is O=C(O)[C@H](Cc1ccc(F)c(F)c1)c1ccc(F)cc1. The summed E-state index contributed by atoms with van der Waals surface area (Å²) in [5, 5.41) is 9.22. The molecule has 0 spiro atoms. The van der Waals surface area contributed by atoms with Gasteiger partial charge in [-0.3, -0.25) is 4.79 Å². The van der Waals surface area contributed by atoms with Gasteiger partial charge < -0.3 is 5.11 Å². The van der Waals surface area contributed by atoms with Crippen LogP contribution in [0.4, 0.5) is 13.2 Å². The number of halogens is 3. The molecular weight excluding hydrogens is 269 g/mol. The van der Waals surface area contributed by atoms with Crippen molar-refractivity contribution in [2.24, 2.45) is 0 Å². The fourth-order valence-corrected chi connectivity index (χ4v) is 1.95. The second kappa shape index (κ2) is 5.77. The molecule has 0 saturated carbocycles. The largest absolute Gasteiger partial charge is 0.481 e. The van der Waals surface area contributed by atoms with E-state index in [1.807, 2.05) is 0 Å². The molecule has 0 radical (unpaired) electrons. The first-order valence-electron chi connectivity index (χ1n) is 5.89. The van der Waals surface area contributed by atoms with Gasteiger partial charge in [-0.15, -0.1) is 0 Å². The van der Waals surface area contributed by atoms with Crippen molar-refractivity contribution in [3.05, 3.63) is 71.0 Å². The average Bonchev–Trinajstić information content (AvgIpc) is 2.41. The Bertz CT molecular complexity index is 624. The minimum atomic E-state index is -1.11. The minimum absolute atomic E-state index is 0.00182. The molecule has 0 aliphatic heterocycles. The van der Waals surface area contributed by atoms with E-state index in [0.29, 0.717) is 11.1 Å². The molecule has 2 aromatic carbocycles. The molecule has 1 atom stereocenters. The molecule has 2 aromatic rings. The molecule has 20 heavy (non-hydrogen) atoms. The van der Waals surface area contributed by atoms with Gasteiger partial charge in [0.1, 0.15) is 5.82 Å². The summed E-state index contributed by atoms with van der Waals surface area (Å²) >= 11 is 0. The maximum atomic E-state index is 13.1. The fraction of sp³-hybridized carbons (Fsp3) is 0.133. The van der Waals surface area contributed by atoms with E-state index in [1.54, 1.807) is 0 Å². The summed E-state index contributed by atoms with van der Waals surface area (Å²) in [5.41, 5.74) is 0.768. The van der Waals surface area contributed by atoms with Crippen LogP contribution in [0, 0.1) is 17.5 Å². The number of benzene rings is 2. The molecule has 0 amide bonds. The summed E-state index contributed by atoms with van der Waals surface area (Å²) in [7, 11) is 0. The third-order valence-corrected chi connectivity index (χ3v) is 2.99. The molecule has 0 aliphatic carbocycles. The molecule has 2 nitrogen and oxygen atoms in total. The Morgan fingerprint density at radius 3 is 2.20 bits per heavy atom. The highest BCUT2D eigenvalue weighted by molar-refractivity contribution is 5.76. The second-order valence-electron chi connectivity index (χ2n) is 4.39. The van der Waals surface area contributed by atoms with Crippen molar-refractivity contribution in [1.82, 2.24) is 0 Å². The van der Waals surface area contributed by atoms with Crippen LogP contribution in [0.25, 0.3) is 0 Å². The second-order valence-corrected chi connectivity index (χ2v) is 4.39. The van der Waals surface area contributed by atoms with Gasteiger partial charge >= 0.3 is 5.97 Å². The van der Waals surface area contributed by atoms with Crippen LogP contribution < -0.4 is 0 Å². The molecule has 104 valence electrons. The lowest BCUT2D eigenvalue weighted by molar-refractivity contribution is -0.138. The molecule has 0 bridgehead atoms. The maximum Gasteiger partial charge on any atom is 0.311 e. The number of rotatable bonds is 4. The Morgan fingerprint density at radius 1 is 1.00 bits per heavy atom. The first-order valence-corrected chi connectivity index (χ1v) is 5.89. The number of aliphatic carboxylic acids is 1. The number of carboxylic acids is 1. The normalized spacial score (nSPS) is 12.2. The summed E-state index contributed by atoms with van der Waals surface area (Å²) in [5.74, 6) is -4.53. The van der Waals surface area contributed by atoms with E-state index in [4.69, 9.17) is 0 Å². The van der Waals surface area contributed by atoms with Gasteiger partial charge in [-0.1, -0.05) is 18.2 Å². The van der Waals surface area contributed by atoms with Crippen LogP contribution in [-0.4, -0.2) is 11.1 Å². The van der Waals surface area contributed by atoms with E-state index in [0.717, 1.165) is 24.3 Å². The van der Waals surface area contributed by atoms with Crippen molar-refractivity contribution in [2.45, 2.75) is 12.3 Å². The third kappa shape index (κ3) is 3.17. The van der Waals surface area contributed by atoms with E-state index in [9.17, 15) is 23.1 Å². The lowest BCUT2D eigenvalue weighted by atomic mass is 9.92. The number of carboxylic acid groups (broad SMARTS) is 1. The van der Waals surface area contributed by atoms with Crippen molar-refractivity contribution in [1.29, 1.82) is 0 Å². The van der Waals surface area contributed by atoms with Gasteiger partial charge in [0.2, 0.25) is 0 Å². The van der Waals surface area contributed by atoms with Crippen LogP contribution >= 0.6 is 0 Å². The zero-order chi connectivity index (χ0) is 14.7. The smallest absolute Gasteiger partial charge is 0.311 e. The van der Waals surface area contributed by atoms with E-state index in [-0.39, 0.29) is 6.42 Å². The van der Waals surface area contributed by atoms with Gasteiger partial charge in [0.25, 0.3) is 0 Å². The Labute approximate surface area is 113 Å². The van der Waals surface area contributed by atoms with Gasteiger partial charge in [-0.05, 0) is 41.8 Å². The van der Waals surface area contributed by atoms with E-state index in [1.165, 1.54) is 18.2 Å². The summed E-state index contributed by atoms with van der Waals surface area (Å²) < 4.78 is 38.8. The summed E-state index contributed by atoms with van der Waals surface area (Å²) in [6.45, 7) is 0. The van der Waals surface area contributed by atoms with E-state index in [2.05, 4.69) is 0 Å². The Balaban J connectivity index is 2.27. The highest BCUT2D eigenvalue weighted by Crippen LogP contribution is 2.22. The van der Waals surface area contributed by atoms with Crippen molar-refractivity contribution in [3.63, 3.8) is 0 Å². The summed E-state index contributed by atoms with van der Waals surface area (Å²) in [4.78, 5) is 11.3. The highest BCUT2D eigenvalue weighted by Gasteiger charge is 2.21. The van der Waals surface area contributed by atoms with Crippen LogP contribution in [0.5, 0.6) is 0 Å². The molecule has 0 unspecified atom stereocenters. The van der Waals surface area contributed by atoms with Crippen molar-refractivity contribution in [2.75, 3.05) is 0 Å². The van der Waals surface area contributed by atoms with Crippen molar-refractivity contribution < 1.29 is 23.1 Å².